The molecule has 7 heteroatoms. The van der Waals surface area contributed by atoms with Gasteiger partial charge in [0.1, 0.15) is 12.6 Å². The lowest BCUT2D eigenvalue weighted by atomic mass is 9.94. The number of carbonyl (C=O) groups is 3. The number of hydrogen-bond donors (Lipinski definition) is 3. The molecule has 0 heterocycles. The van der Waals surface area contributed by atoms with Crippen LogP contribution in [0.3, 0.4) is 0 Å². The minimum atomic E-state index is -0.883. The van der Waals surface area contributed by atoms with Gasteiger partial charge in [-0.1, -0.05) is 75.7 Å². The molecule has 2 amide bonds. The minimum Gasteiger partial charge on any atom is -0.481 e. The third-order valence-electron chi connectivity index (χ3n) is 6.36. The topological polar surface area (TPSA) is 105 Å². The summed E-state index contributed by atoms with van der Waals surface area (Å²) in [4.78, 5) is 36.6. The van der Waals surface area contributed by atoms with E-state index in [2.05, 4.69) is 34.9 Å². The molecule has 1 aliphatic rings. The van der Waals surface area contributed by atoms with Crippen LogP contribution in [0.2, 0.25) is 0 Å². The lowest BCUT2D eigenvalue weighted by Gasteiger charge is -2.22. The average Bonchev–Trinajstić information content (AvgIpc) is 3.14. The Hall–Kier alpha value is -3.35. The first-order valence-electron chi connectivity index (χ1n) is 12.4. The second-order valence-electron chi connectivity index (χ2n) is 9.65. The summed E-state index contributed by atoms with van der Waals surface area (Å²) in [7, 11) is 0. The normalized spacial score (nSPS) is 14.1. The first-order chi connectivity index (χ1) is 16.8. The highest BCUT2D eigenvalue weighted by Gasteiger charge is 2.30. The summed E-state index contributed by atoms with van der Waals surface area (Å²) in [5, 5.41) is 14.7. The van der Waals surface area contributed by atoms with E-state index < -0.39 is 18.1 Å². The van der Waals surface area contributed by atoms with Crippen LogP contribution >= 0.6 is 0 Å². The Balaban J connectivity index is 1.58. The van der Waals surface area contributed by atoms with Crippen LogP contribution in [0.25, 0.3) is 11.1 Å². The number of ether oxygens (including phenoxy) is 1. The molecule has 2 aromatic carbocycles. The van der Waals surface area contributed by atoms with Crippen molar-refractivity contribution in [2.75, 3.05) is 13.2 Å². The summed E-state index contributed by atoms with van der Waals surface area (Å²) in [5.74, 6) is -1.10. The molecule has 0 saturated carbocycles. The second-order valence-corrected chi connectivity index (χ2v) is 9.65. The van der Waals surface area contributed by atoms with Crippen LogP contribution in [-0.4, -0.2) is 42.3 Å². The van der Waals surface area contributed by atoms with Gasteiger partial charge in [0, 0.05) is 18.9 Å². The fraction of sp³-hybridized carbons (Fsp3) is 0.464. The van der Waals surface area contributed by atoms with Gasteiger partial charge in [0.05, 0.1) is 0 Å². The molecular weight excluding hydrogens is 444 g/mol. The first-order valence-corrected chi connectivity index (χ1v) is 12.4. The summed E-state index contributed by atoms with van der Waals surface area (Å²) in [6, 6.07) is 15.5. The summed E-state index contributed by atoms with van der Waals surface area (Å²) in [6.45, 7) is 6.42. The zero-order valence-corrected chi connectivity index (χ0v) is 20.8. The van der Waals surface area contributed by atoms with Gasteiger partial charge in [0.2, 0.25) is 5.91 Å². The maximum atomic E-state index is 12.8. The number of hydrogen-bond acceptors (Lipinski definition) is 4. The molecule has 1 aliphatic carbocycles. The average molecular weight is 481 g/mol. The Morgan fingerprint density at radius 2 is 1.60 bits per heavy atom. The van der Waals surface area contributed by atoms with Gasteiger partial charge in [-0.05, 0) is 46.9 Å². The largest absolute Gasteiger partial charge is 0.481 e. The van der Waals surface area contributed by atoms with E-state index in [0.717, 1.165) is 22.3 Å². The Labute approximate surface area is 207 Å². The SMILES string of the molecule is CCC[C@@H](NC(=O)OCC1c2ccccc2-c2ccccc21)C(=O)NCC(CC(=O)O)CC(C)C. The number of carboxylic acids is 1. The Bertz CT molecular complexity index is 990. The van der Waals surface area contributed by atoms with Crippen LogP contribution < -0.4 is 10.6 Å². The lowest BCUT2D eigenvalue weighted by Crippen LogP contribution is -2.48. The molecule has 3 N–H and O–H groups in total. The number of amides is 2. The maximum absolute atomic E-state index is 12.8. The van der Waals surface area contributed by atoms with Gasteiger partial charge in [0.25, 0.3) is 0 Å². The summed E-state index contributed by atoms with van der Waals surface area (Å²) >= 11 is 0. The zero-order chi connectivity index (χ0) is 25.4. The second kappa shape index (κ2) is 12.4. The molecule has 0 spiro atoms. The smallest absolute Gasteiger partial charge is 0.407 e. The number of alkyl carbamates (subject to hydrolysis) is 1. The highest BCUT2D eigenvalue weighted by atomic mass is 16.5. The van der Waals surface area contributed by atoms with Crippen LogP contribution in [0.15, 0.2) is 48.5 Å². The van der Waals surface area contributed by atoms with Crippen LogP contribution in [0.4, 0.5) is 4.79 Å². The van der Waals surface area contributed by atoms with Gasteiger partial charge in [0.15, 0.2) is 0 Å². The van der Waals surface area contributed by atoms with E-state index in [1.165, 1.54) is 0 Å². The molecule has 1 unspecified atom stereocenters. The van der Waals surface area contributed by atoms with Crippen molar-refractivity contribution >= 4 is 18.0 Å². The van der Waals surface area contributed by atoms with Gasteiger partial charge in [-0.3, -0.25) is 9.59 Å². The standard InChI is InChI=1S/C28H36N2O5/c1-4-9-25(27(33)29-16-19(14-18(2)3)15-26(31)32)30-28(34)35-17-24-22-12-7-5-10-20(22)21-11-6-8-13-23(21)24/h5-8,10-13,18-19,24-25H,4,9,14-17H2,1-3H3,(H,29,33)(H,30,34)(H,31,32)/t19?,25-/m1/s1. The zero-order valence-electron chi connectivity index (χ0n) is 20.8. The number of fused-ring (bicyclic) bond motifs is 3. The van der Waals surface area contributed by atoms with Crippen molar-refractivity contribution in [1.29, 1.82) is 0 Å². The van der Waals surface area contributed by atoms with E-state index in [9.17, 15) is 14.4 Å². The molecule has 0 fully saturated rings. The van der Waals surface area contributed by atoms with Gasteiger partial charge >= 0.3 is 12.1 Å². The van der Waals surface area contributed by atoms with Crippen molar-refractivity contribution in [2.24, 2.45) is 11.8 Å². The molecule has 2 atom stereocenters. The molecular formula is C28H36N2O5. The third-order valence-corrected chi connectivity index (χ3v) is 6.36. The summed E-state index contributed by atoms with van der Waals surface area (Å²) < 4.78 is 5.59. The van der Waals surface area contributed by atoms with E-state index in [1.807, 2.05) is 45.0 Å². The van der Waals surface area contributed by atoms with Crippen LogP contribution in [0.5, 0.6) is 0 Å². The molecule has 35 heavy (non-hydrogen) atoms. The molecule has 188 valence electrons. The van der Waals surface area contributed by atoms with Crippen molar-refractivity contribution in [3.63, 3.8) is 0 Å². The van der Waals surface area contributed by atoms with Crippen molar-refractivity contribution in [3.8, 4) is 11.1 Å². The number of benzene rings is 2. The van der Waals surface area contributed by atoms with Crippen molar-refractivity contribution in [1.82, 2.24) is 10.6 Å². The molecule has 0 radical (unpaired) electrons. The predicted molar refractivity (Wildman–Crippen MR) is 135 cm³/mol. The third kappa shape index (κ3) is 7.07. The van der Waals surface area contributed by atoms with E-state index >= 15 is 0 Å². The Morgan fingerprint density at radius 1 is 1.00 bits per heavy atom. The molecule has 0 aromatic heterocycles. The van der Waals surface area contributed by atoms with Gasteiger partial charge < -0.3 is 20.5 Å². The Morgan fingerprint density at radius 3 is 2.14 bits per heavy atom. The van der Waals surface area contributed by atoms with Gasteiger partial charge in [-0.15, -0.1) is 0 Å². The monoisotopic (exact) mass is 480 g/mol. The highest BCUT2D eigenvalue weighted by molar-refractivity contribution is 5.85. The van der Waals surface area contributed by atoms with E-state index in [-0.39, 0.29) is 37.3 Å². The molecule has 0 saturated heterocycles. The molecule has 2 aromatic rings. The fourth-order valence-corrected chi connectivity index (χ4v) is 4.86. The minimum absolute atomic E-state index is 0.00326. The van der Waals surface area contributed by atoms with Crippen LogP contribution in [-0.2, 0) is 14.3 Å². The maximum Gasteiger partial charge on any atom is 0.407 e. The predicted octanol–water partition coefficient (Wildman–Crippen LogP) is 4.95. The van der Waals surface area contributed by atoms with Crippen LogP contribution in [0.1, 0.15) is 63.5 Å². The molecule has 0 bridgehead atoms. The number of nitrogens with one attached hydrogen (secondary N) is 2. The lowest BCUT2D eigenvalue weighted by molar-refractivity contribution is -0.138. The Kier molecular flexibility index (Phi) is 9.29. The van der Waals surface area contributed by atoms with Crippen LogP contribution in [0, 0.1) is 11.8 Å². The fourth-order valence-electron chi connectivity index (χ4n) is 4.86. The van der Waals surface area contributed by atoms with E-state index in [0.29, 0.717) is 25.2 Å². The van der Waals surface area contributed by atoms with Crippen molar-refractivity contribution in [2.45, 2.75) is 58.4 Å². The van der Waals surface area contributed by atoms with Crippen molar-refractivity contribution < 1.29 is 24.2 Å². The van der Waals surface area contributed by atoms with Gasteiger partial charge in [-0.25, -0.2) is 4.79 Å². The molecule has 0 aliphatic heterocycles. The molecule has 3 rings (SSSR count). The van der Waals surface area contributed by atoms with Crippen molar-refractivity contribution in [3.05, 3.63) is 59.7 Å². The first kappa shape index (κ1) is 26.3. The van der Waals surface area contributed by atoms with Gasteiger partial charge in [-0.2, -0.15) is 0 Å². The molecule has 7 nitrogen and oxygen atoms in total. The van der Waals surface area contributed by atoms with E-state index in [4.69, 9.17) is 9.84 Å². The highest BCUT2D eigenvalue weighted by Crippen LogP contribution is 2.44. The quantitative estimate of drug-likeness (QED) is 0.399. The summed E-state index contributed by atoms with van der Waals surface area (Å²) in [6.07, 6.45) is 1.22. The van der Waals surface area contributed by atoms with E-state index in [1.54, 1.807) is 0 Å². The number of rotatable bonds is 12. The number of carbonyl (C=O) groups excluding carboxylic acids is 2. The summed E-state index contributed by atoms with van der Waals surface area (Å²) in [5.41, 5.74) is 4.55. The number of aliphatic carboxylic acids is 1. The number of carboxylic acid groups (broad SMARTS) is 1.